The molecule has 4 saturated carbocycles. The number of unbranched alkanes of at least 4 members (excludes halogenated alkanes) is 6. The van der Waals surface area contributed by atoms with Crippen LogP contribution in [-0.2, 0) is 28.6 Å². The minimum absolute atomic E-state index is 0.0518. The van der Waals surface area contributed by atoms with E-state index >= 15 is 0 Å². The number of hydrogen-bond acceptors (Lipinski definition) is 7. The van der Waals surface area contributed by atoms with Crippen LogP contribution in [0.3, 0.4) is 0 Å². The Morgan fingerprint density at radius 1 is 0.493 bits per heavy atom. The third-order valence-corrected chi connectivity index (χ3v) is 16.6. The summed E-state index contributed by atoms with van der Waals surface area (Å²) < 4.78 is 17.5. The van der Waals surface area contributed by atoms with Gasteiger partial charge in [0.1, 0.15) is 0 Å². The monoisotopic (exact) mass is 938 g/mol. The number of esters is 3. The fraction of sp³-hybridized carbons (Fsp3) is 0.883. The predicted molar refractivity (Wildman–Crippen MR) is 281 cm³/mol. The Kier molecular flexibility index (Phi) is 30.9. The summed E-state index contributed by atoms with van der Waals surface area (Å²) in [5.74, 6) is 2.26. The van der Waals surface area contributed by atoms with E-state index in [1.807, 2.05) is 12.2 Å². The van der Waals surface area contributed by atoms with E-state index in [4.69, 9.17) is 14.2 Å². The first-order chi connectivity index (χ1) is 32.6. The topological polar surface area (TPSA) is 82.1 Å². The highest BCUT2D eigenvalue weighted by atomic mass is 16.5. The van der Waals surface area contributed by atoms with Gasteiger partial charge in [-0.3, -0.25) is 14.4 Å². The van der Waals surface area contributed by atoms with Crippen LogP contribution in [0.2, 0.25) is 0 Å². The van der Waals surface area contributed by atoms with Gasteiger partial charge < -0.3 is 19.1 Å². The number of nitrogens with zero attached hydrogens (tertiary/aromatic N) is 1. The van der Waals surface area contributed by atoms with Crippen molar-refractivity contribution in [1.82, 2.24) is 4.90 Å². The van der Waals surface area contributed by atoms with Crippen LogP contribution in [0.5, 0.6) is 0 Å². The van der Waals surface area contributed by atoms with Crippen LogP contribution < -0.4 is 0 Å². The van der Waals surface area contributed by atoms with E-state index in [-0.39, 0.29) is 34.2 Å². The van der Waals surface area contributed by atoms with Crippen LogP contribution in [0.4, 0.5) is 0 Å². The summed E-state index contributed by atoms with van der Waals surface area (Å²) in [7, 11) is 0. The van der Waals surface area contributed by atoms with E-state index in [1.54, 1.807) is 0 Å². The van der Waals surface area contributed by atoms with Crippen LogP contribution in [0, 0.1) is 34.0 Å². The summed E-state index contributed by atoms with van der Waals surface area (Å²) in [4.78, 5) is 40.5. The molecular weight excluding hydrogens is 831 g/mol. The average Bonchev–Trinajstić information content (AvgIpc) is 3.47. The maximum Gasteiger partial charge on any atom is 0.309 e. The van der Waals surface area contributed by atoms with Crippen LogP contribution in [0.25, 0.3) is 0 Å². The van der Waals surface area contributed by atoms with Crippen molar-refractivity contribution in [1.29, 1.82) is 0 Å². The molecule has 4 bridgehead atoms. The largest absolute Gasteiger partial charge is 0.466 e. The molecule has 4 atom stereocenters. The Morgan fingerprint density at radius 2 is 0.910 bits per heavy atom. The molecule has 388 valence electrons. The van der Waals surface area contributed by atoms with Gasteiger partial charge in [-0.1, -0.05) is 156 Å². The fourth-order valence-corrected chi connectivity index (χ4v) is 13.7. The molecule has 67 heavy (non-hydrogen) atoms. The van der Waals surface area contributed by atoms with Crippen LogP contribution in [0.1, 0.15) is 266 Å². The van der Waals surface area contributed by atoms with Gasteiger partial charge >= 0.3 is 17.9 Å². The number of fused-ring (bicyclic) bond motifs is 1. The third-order valence-electron chi connectivity index (χ3n) is 16.6. The summed E-state index contributed by atoms with van der Waals surface area (Å²) in [6.07, 6.45) is 48.6. The number of rotatable bonds is 42. The van der Waals surface area contributed by atoms with Gasteiger partial charge in [0.05, 0.1) is 32.7 Å². The Bertz CT molecular complexity index is 1360. The van der Waals surface area contributed by atoms with Crippen molar-refractivity contribution in [3.05, 3.63) is 24.3 Å². The van der Waals surface area contributed by atoms with Crippen molar-refractivity contribution in [2.75, 3.05) is 39.5 Å². The highest BCUT2D eigenvalue weighted by Crippen LogP contribution is 2.69. The predicted octanol–water partition coefficient (Wildman–Crippen LogP) is 16.7. The molecule has 4 aliphatic carbocycles. The quantitative estimate of drug-likeness (QED) is 0.0261. The lowest BCUT2D eigenvalue weighted by molar-refractivity contribution is -0.144. The van der Waals surface area contributed by atoms with Crippen molar-refractivity contribution in [3.8, 4) is 0 Å². The molecule has 0 N–H and O–H groups in total. The maximum absolute atomic E-state index is 12.8. The Balaban J connectivity index is 1.46. The maximum atomic E-state index is 12.8. The molecule has 4 rings (SSSR count). The van der Waals surface area contributed by atoms with Crippen molar-refractivity contribution in [2.45, 2.75) is 266 Å². The molecule has 0 saturated heterocycles. The molecule has 0 aromatic heterocycles. The molecule has 0 aromatic rings. The SMILES string of the molecule is CCCC(CCC)CCCCC/C=C\CC(=O)OCCCC12CCC3(CCCOC(=O)CCCN(CC)CC)CC(C1)CC(CCCOC(=O)C/C=C\CCCCCC(CCC)CCC)(C2)C3. The number of allylic oxidation sites excluding steroid dienone is 2. The smallest absolute Gasteiger partial charge is 0.309 e. The lowest BCUT2D eigenvalue weighted by Crippen LogP contribution is -2.45. The van der Waals surface area contributed by atoms with Gasteiger partial charge in [-0.05, 0) is 169 Å². The molecule has 7 heteroatoms. The molecule has 4 unspecified atom stereocenters. The van der Waals surface area contributed by atoms with E-state index in [1.165, 1.54) is 148 Å². The van der Waals surface area contributed by atoms with Crippen LogP contribution in [0.15, 0.2) is 24.3 Å². The van der Waals surface area contributed by atoms with Gasteiger partial charge in [-0.2, -0.15) is 0 Å². The normalized spacial score (nSPS) is 22.5. The Hall–Kier alpha value is -2.15. The van der Waals surface area contributed by atoms with Gasteiger partial charge in [0, 0.05) is 6.42 Å². The molecule has 0 aromatic carbocycles. The lowest BCUT2D eigenvalue weighted by Gasteiger charge is -2.56. The molecular formula is C60H107NO6. The summed E-state index contributed by atoms with van der Waals surface area (Å²) in [6.45, 7) is 18.1. The molecule has 4 fully saturated rings. The minimum atomic E-state index is -0.102. The Labute approximate surface area is 413 Å². The molecule has 0 amide bonds. The number of carbonyl (C=O) groups excluding carboxylic acids is 3. The number of carbonyl (C=O) groups is 3. The molecule has 7 nitrogen and oxygen atoms in total. The van der Waals surface area contributed by atoms with Crippen molar-refractivity contribution >= 4 is 17.9 Å². The van der Waals surface area contributed by atoms with Gasteiger partial charge in [0.15, 0.2) is 0 Å². The third kappa shape index (κ3) is 24.5. The zero-order valence-corrected chi connectivity index (χ0v) is 44.9. The van der Waals surface area contributed by atoms with E-state index in [9.17, 15) is 14.4 Å². The highest BCUT2D eigenvalue weighted by molar-refractivity contribution is 5.71. The molecule has 0 spiro atoms. The van der Waals surface area contributed by atoms with Crippen molar-refractivity contribution < 1.29 is 28.6 Å². The first kappa shape index (κ1) is 59.2. The highest BCUT2D eigenvalue weighted by Gasteiger charge is 2.58. The van der Waals surface area contributed by atoms with Gasteiger partial charge in [-0.15, -0.1) is 0 Å². The molecule has 0 radical (unpaired) electrons. The molecule has 0 heterocycles. The van der Waals surface area contributed by atoms with E-state index in [0.717, 1.165) is 89.3 Å². The Morgan fingerprint density at radius 3 is 1.34 bits per heavy atom. The number of hydrogen-bond donors (Lipinski definition) is 0. The van der Waals surface area contributed by atoms with Crippen molar-refractivity contribution in [3.63, 3.8) is 0 Å². The second kappa shape index (κ2) is 35.0. The van der Waals surface area contributed by atoms with E-state index < -0.39 is 0 Å². The average molecular weight is 939 g/mol. The second-order valence-corrected chi connectivity index (χ2v) is 22.4. The molecule has 4 aliphatic rings. The van der Waals surface area contributed by atoms with Gasteiger partial charge in [0.2, 0.25) is 0 Å². The molecule has 0 aliphatic heterocycles. The van der Waals surface area contributed by atoms with E-state index in [2.05, 4.69) is 58.6 Å². The zero-order valence-electron chi connectivity index (χ0n) is 44.9. The van der Waals surface area contributed by atoms with Crippen molar-refractivity contribution in [2.24, 2.45) is 34.0 Å². The summed E-state index contributed by atoms with van der Waals surface area (Å²) in [5.41, 5.74) is 0.828. The van der Waals surface area contributed by atoms with Gasteiger partial charge in [0.25, 0.3) is 0 Å². The van der Waals surface area contributed by atoms with E-state index in [0.29, 0.717) is 45.0 Å². The van der Waals surface area contributed by atoms with Crippen LogP contribution in [-0.4, -0.2) is 62.3 Å². The second-order valence-electron chi connectivity index (χ2n) is 22.4. The summed E-state index contributed by atoms with van der Waals surface area (Å²) >= 11 is 0. The standard InChI is InChI=1S/C60H107NO6/c1-7-29-52(30-8-2)33-21-17-13-15-19-23-35-55(62)65-44-26-38-58-41-42-59(39-27-45-67-57(64)37-25-43-61(11-5)12-6)48-54(47-58)49-60(50-58,51-59)40-28-46-66-56(63)36-24-20-16-14-18-22-34-53(31-9-3)32-10-4/h19-20,23-24,52-54H,7-18,21-22,25-51H2,1-6H3/b23-19-,24-20-. The zero-order chi connectivity index (χ0) is 48.5. The first-order valence-electron chi connectivity index (χ1n) is 29.1. The number of ether oxygens (including phenoxy) is 3. The summed E-state index contributed by atoms with van der Waals surface area (Å²) in [6, 6.07) is 0. The first-order valence-corrected chi connectivity index (χ1v) is 29.1. The van der Waals surface area contributed by atoms with Crippen LogP contribution >= 0.6 is 0 Å². The lowest BCUT2D eigenvalue weighted by atomic mass is 9.49. The minimum Gasteiger partial charge on any atom is -0.466 e. The summed E-state index contributed by atoms with van der Waals surface area (Å²) in [5, 5.41) is 0. The fourth-order valence-electron chi connectivity index (χ4n) is 13.7. The van der Waals surface area contributed by atoms with Gasteiger partial charge in [-0.25, -0.2) is 0 Å².